The minimum atomic E-state index is -1.71. The Kier molecular flexibility index (Phi) is 21.9. The van der Waals surface area contributed by atoms with Crippen LogP contribution in [-0.2, 0) is 47.9 Å². The number of unbranched alkanes of at least 4 members (excludes halogenated alkanes) is 1. The van der Waals surface area contributed by atoms with Crippen LogP contribution in [-0.4, -0.2) is 131 Å². The van der Waals surface area contributed by atoms with Gasteiger partial charge in [0.15, 0.2) is 0 Å². The van der Waals surface area contributed by atoms with E-state index in [1.807, 2.05) is 6.92 Å². The van der Waals surface area contributed by atoms with Crippen molar-refractivity contribution in [2.75, 3.05) is 19.6 Å². The fraction of sp³-hybridized carbons (Fsp3) is 0.722. The molecule has 0 aromatic heterocycles. The number of carboxylic acid groups (broad SMARTS) is 1. The molecule has 0 aromatic rings. The average Bonchev–Trinajstić information content (AvgIpc) is 3.64. The first-order valence-corrected chi connectivity index (χ1v) is 19.5. The topological polar surface area (TPSA) is 370 Å². The molecule has 8 atom stereocenters. The van der Waals surface area contributed by atoms with Crippen LogP contribution < -0.4 is 54.8 Å². The second kappa shape index (κ2) is 25.1. The van der Waals surface area contributed by atoms with E-state index in [-0.39, 0.29) is 37.6 Å². The van der Waals surface area contributed by atoms with Gasteiger partial charge in [-0.15, -0.1) is 0 Å². The minimum absolute atomic E-state index is 0.109. The summed E-state index contributed by atoms with van der Waals surface area (Å²) >= 11 is 0. The van der Waals surface area contributed by atoms with Crippen molar-refractivity contribution >= 4 is 59.1 Å². The van der Waals surface area contributed by atoms with Crippen LogP contribution in [0, 0.1) is 11.8 Å². The summed E-state index contributed by atoms with van der Waals surface area (Å²) < 4.78 is 0. The van der Waals surface area contributed by atoms with E-state index in [0.29, 0.717) is 32.2 Å². The highest BCUT2D eigenvalue weighted by molar-refractivity contribution is 5.99. The Morgan fingerprint density at radius 2 is 1.31 bits per heavy atom. The Morgan fingerprint density at radius 3 is 1.84 bits per heavy atom. The third-order valence-corrected chi connectivity index (χ3v) is 9.55. The third kappa shape index (κ3) is 17.4. The van der Waals surface area contributed by atoms with Gasteiger partial charge in [0.1, 0.15) is 36.3 Å². The molecule has 1 aliphatic heterocycles. The van der Waals surface area contributed by atoms with Crippen LogP contribution in [0.2, 0.25) is 0 Å². The lowest BCUT2D eigenvalue weighted by molar-refractivity contribution is -0.143. The number of carboxylic acids is 1. The Labute approximate surface area is 337 Å². The summed E-state index contributed by atoms with van der Waals surface area (Å²) in [4.78, 5) is 129. The Balaban J connectivity index is 3.14. The number of carbonyl (C=O) groups is 10. The summed E-state index contributed by atoms with van der Waals surface area (Å²) in [7, 11) is 0. The van der Waals surface area contributed by atoms with Gasteiger partial charge in [-0.1, -0.05) is 34.1 Å². The first-order valence-electron chi connectivity index (χ1n) is 19.5. The second-order valence-electron chi connectivity index (χ2n) is 14.9. The fourth-order valence-electron chi connectivity index (χ4n) is 6.01. The number of rotatable bonds is 26. The molecule has 22 heteroatoms. The van der Waals surface area contributed by atoms with E-state index in [0.717, 1.165) is 0 Å². The largest absolute Gasteiger partial charge is 0.480 e. The Hall–Kier alpha value is -5.38. The lowest BCUT2D eigenvalue weighted by atomic mass is 9.98. The molecule has 0 radical (unpaired) electrons. The van der Waals surface area contributed by atoms with Gasteiger partial charge >= 0.3 is 5.97 Å². The summed E-state index contributed by atoms with van der Waals surface area (Å²) in [6.45, 7) is 8.19. The van der Waals surface area contributed by atoms with Crippen molar-refractivity contribution in [1.29, 1.82) is 0 Å². The summed E-state index contributed by atoms with van der Waals surface area (Å²) in [6, 6.07) is -8.83. The molecule has 15 N–H and O–H groups in total. The van der Waals surface area contributed by atoms with Crippen molar-refractivity contribution < 1.29 is 53.1 Å². The lowest BCUT2D eigenvalue weighted by Crippen LogP contribution is -2.59. The number of carbonyl (C=O) groups excluding carboxylic acids is 9. The number of nitrogens with zero attached hydrogens (tertiary/aromatic N) is 1. The standard InChI is InChI=1S/C36H63N11O11/c1-6-19(4)29(40)34(55)44-21(10-7-8-12-37)35(56)47-13-9-11-25(47)33(54)46-24(16-27(39)49)32(53)45-23(15-26(38)48)30(51)41-17-28(50)43-22(14-18(2)3)31(52)42-20(5)36(57)58/h18-25,29H,6-17,37,40H2,1-5H3,(H2,38,48)(H2,39,49)(H,41,51)(H,42,52)(H,43,50)(H,44,55)(H,45,53)(H,46,54)(H,57,58)/t19-,20-,21-,22-,23-,24-,25-,29-/m0/s1. The quantitative estimate of drug-likeness (QED) is 0.0370. The van der Waals surface area contributed by atoms with Gasteiger partial charge in [0, 0.05) is 6.54 Å². The summed E-state index contributed by atoms with van der Waals surface area (Å²) in [5, 5.41) is 23.4. The molecule has 1 fully saturated rings. The predicted molar refractivity (Wildman–Crippen MR) is 208 cm³/mol. The van der Waals surface area contributed by atoms with Crippen molar-refractivity contribution in [3.63, 3.8) is 0 Å². The van der Waals surface area contributed by atoms with Gasteiger partial charge in [0.25, 0.3) is 0 Å². The molecule has 58 heavy (non-hydrogen) atoms. The zero-order chi connectivity index (χ0) is 44.3. The van der Waals surface area contributed by atoms with E-state index in [4.69, 9.17) is 28.0 Å². The van der Waals surface area contributed by atoms with Gasteiger partial charge in [0.2, 0.25) is 53.2 Å². The Morgan fingerprint density at radius 1 is 0.741 bits per heavy atom. The van der Waals surface area contributed by atoms with Crippen LogP contribution in [0.25, 0.3) is 0 Å². The number of hydrogen-bond acceptors (Lipinski definition) is 12. The summed E-state index contributed by atoms with van der Waals surface area (Å²) in [6.07, 6.45) is 1.07. The van der Waals surface area contributed by atoms with Crippen molar-refractivity contribution in [3.05, 3.63) is 0 Å². The van der Waals surface area contributed by atoms with Gasteiger partial charge in [-0.2, -0.15) is 0 Å². The third-order valence-electron chi connectivity index (χ3n) is 9.55. The zero-order valence-electron chi connectivity index (χ0n) is 34.0. The monoisotopic (exact) mass is 825 g/mol. The van der Waals surface area contributed by atoms with Crippen molar-refractivity contribution in [2.24, 2.45) is 34.8 Å². The van der Waals surface area contributed by atoms with Crippen LogP contribution in [0.3, 0.4) is 0 Å². The minimum Gasteiger partial charge on any atom is -0.480 e. The van der Waals surface area contributed by atoms with E-state index < -0.39 is 121 Å². The second-order valence-corrected chi connectivity index (χ2v) is 14.9. The molecular weight excluding hydrogens is 762 g/mol. The number of likely N-dealkylation sites (tertiary alicyclic amines) is 1. The molecular formula is C36H63N11O11. The Bertz CT molecular complexity index is 1490. The van der Waals surface area contributed by atoms with E-state index >= 15 is 0 Å². The highest BCUT2D eigenvalue weighted by Gasteiger charge is 2.40. The normalized spacial score (nSPS) is 17.3. The molecule has 0 aliphatic carbocycles. The number of primary amides is 2. The molecule has 0 saturated carbocycles. The average molecular weight is 826 g/mol. The molecule has 22 nitrogen and oxygen atoms in total. The lowest BCUT2D eigenvalue weighted by Gasteiger charge is -2.31. The number of amides is 9. The highest BCUT2D eigenvalue weighted by atomic mass is 16.4. The van der Waals surface area contributed by atoms with Gasteiger partial charge in [-0.25, -0.2) is 0 Å². The molecule has 0 spiro atoms. The smallest absolute Gasteiger partial charge is 0.325 e. The number of nitrogens with one attached hydrogen (secondary N) is 6. The first-order chi connectivity index (χ1) is 27.1. The molecule has 1 heterocycles. The molecule has 1 aliphatic rings. The fourth-order valence-corrected chi connectivity index (χ4v) is 6.01. The van der Waals surface area contributed by atoms with Gasteiger partial charge < -0.3 is 64.8 Å². The zero-order valence-corrected chi connectivity index (χ0v) is 34.0. The van der Waals surface area contributed by atoms with Crippen LogP contribution in [0.1, 0.15) is 92.4 Å². The van der Waals surface area contributed by atoms with Crippen molar-refractivity contribution in [2.45, 2.75) is 135 Å². The van der Waals surface area contributed by atoms with E-state index in [1.165, 1.54) is 11.8 Å². The molecule has 328 valence electrons. The van der Waals surface area contributed by atoms with Crippen LogP contribution in [0.15, 0.2) is 0 Å². The van der Waals surface area contributed by atoms with Gasteiger partial charge in [-0.05, 0) is 63.8 Å². The van der Waals surface area contributed by atoms with E-state index in [9.17, 15) is 47.9 Å². The number of nitrogens with two attached hydrogens (primary N) is 4. The maximum absolute atomic E-state index is 13.8. The molecule has 9 amide bonds. The van der Waals surface area contributed by atoms with Crippen LogP contribution in [0.4, 0.5) is 0 Å². The van der Waals surface area contributed by atoms with E-state index in [2.05, 4.69) is 31.9 Å². The first kappa shape index (κ1) is 50.6. The van der Waals surface area contributed by atoms with Crippen molar-refractivity contribution in [3.8, 4) is 0 Å². The van der Waals surface area contributed by atoms with Crippen molar-refractivity contribution in [1.82, 2.24) is 36.8 Å². The molecule has 0 unspecified atom stereocenters. The number of hydrogen-bond donors (Lipinski definition) is 11. The van der Waals surface area contributed by atoms with Crippen LogP contribution in [0.5, 0.6) is 0 Å². The maximum atomic E-state index is 13.8. The molecule has 0 bridgehead atoms. The number of aliphatic carboxylic acids is 1. The van der Waals surface area contributed by atoms with Crippen LogP contribution >= 0.6 is 0 Å². The maximum Gasteiger partial charge on any atom is 0.325 e. The molecule has 1 saturated heterocycles. The molecule has 0 aromatic carbocycles. The predicted octanol–water partition coefficient (Wildman–Crippen LogP) is -4.08. The summed E-state index contributed by atoms with van der Waals surface area (Å²) in [5.41, 5.74) is 22.4. The summed E-state index contributed by atoms with van der Waals surface area (Å²) in [5.74, 6) is -9.39. The molecule has 1 rings (SSSR count). The van der Waals surface area contributed by atoms with Gasteiger partial charge in [-0.3, -0.25) is 47.9 Å². The highest BCUT2D eigenvalue weighted by Crippen LogP contribution is 2.21. The van der Waals surface area contributed by atoms with Gasteiger partial charge in [0.05, 0.1) is 25.4 Å². The SMILES string of the molecule is CC[C@H](C)[C@H](N)C(=O)N[C@@H](CCCCN)C(=O)N1CCC[C@H]1C(=O)N[C@@H](CC(N)=O)C(=O)N[C@@H](CC(N)=O)C(=O)NCC(=O)N[C@@H](CC(C)C)C(=O)N[C@@H](C)C(=O)O. The van der Waals surface area contributed by atoms with E-state index in [1.54, 1.807) is 20.8 Å².